The Balaban J connectivity index is 2.69. The van der Waals surface area contributed by atoms with Gasteiger partial charge < -0.3 is 20.5 Å². The minimum absolute atomic E-state index is 0.0773. The molecule has 0 saturated carbocycles. The summed E-state index contributed by atoms with van der Waals surface area (Å²) in [6, 6.07) is 2.11. The van der Waals surface area contributed by atoms with Crippen molar-refractivity contribution in [1.82, 2.24) is 5.32 Å². The summed E-state index contributed by atoms with van der Waals surface area (Å²) >= 11 is 0. The van der Waals surface area contributed by atoms with E-state index in [-0.39, 0.29) is 5.69 Å². The van der Waals surface area contributed by atoms with E-state index >= 15 is 0 Å². The zero-order valence-electron chi connectivity index (χ0n) is 12.0. The number of methoxy groups -OCH3 is 1. The van der Waals surface area contributed by atoms with Crippen LogP contribution in [0.2, 0.25) is 0 Å². The first-order valence-electron chi connectivity index (χ1n) is 6.61. The van der Waals surface area contributed by atoms with Gasteiger partial charge in [-0.3, -0.25) is 0 Å². The molecule has 6 nitrogen and oxygen atoms in total. The van der Waals surface area contributed by atoms with Gasteiger partial charge in [-0.2, -0.15) is 0 Å². The van der Waals surface area contributed by atoms with E-state index < -0.39 is 23.9 Å². The number of carbonyl (C=O) groups is 2. The summed E-state index contributed by atoms with van der Waals surface area (Å²) in [5.74, 6) is -1.37. The molecule has 3 N–H and O–H groups in total. The highest BCUT2D eigenvalue weighted by Gasteiger charge is 2.19. The van der Waals surface area contributed by atoms with Crippen LogP contribution in [0.3, 0.4) is 0 Å². The number of ether oxygens (including phenoxy) is 1. The van der Waals surface area contributed by atoms with Crippen molar-refractivity contribution in [2.75, 3.05) is 12.4 Å². The number of aliphatic carboxylic acids is 1. The van der Waals surface area contributed by atoms with Crippen molar-refractivity contribution in [2.24, 2.45) is 0 Å². The van der Waals surface area contributed by atoms with Crippen LogP contribution in [0.5, 0.6) is 5.75 Å². The van der Waals surface area contributed by atoms with Crippen LogP contribution in [0.4, 0.5) is 14.9 Å². The first kappa shape index (κ1) is 16.7. The van der Waals surface area contributed by atoms with Gasteiger partial charge in [0.1, 0.15) is 17.6 Å². The third-order valence-corrected chi connectivity index (χ3v) is 2.87. The summed E-state index contributed by atoms with van der Waals surface area (Å²) in [7, 11) is 1.42. The molecule has 1 unspecified atom stereocenters. The molecule has 0 aliphatic rings. The first-order chi connectivity index (χ1) is 9.97. The number of anilines is 1. The van der Waals surface area contributed by atoms with Gasteiger partial charge in [-0.1, -0.05) is 19.8 Å². The second kappa shape index (κ2) is 8.08. The van der Waals surface area contributed by atoms with E-state index in [0.29, 0.717) is 18.6 Å². The highest BCUT2D eigenvalue weighted by Crippen LogP contribution is 2.20. The fourth-order valence-electron chi connectivity index (χ4n) is 1.71. The topological polar surface area (TPSA) is 87.7 Å². The molecule has 21 heavy (non-hydrogen) atoms. The first-order valence-corrected chi connectivity index (χ1v) is 6.61. The molecular weight excluding hydrogens is 279 g/mol. The Kier molecular flexibility index (Phi) is 6.45. The second-order valence-electron chi connectivity index (χ2n) is 4.48. The van der Waals surface area contributed by atoms with Gasteiger partial charge in [0.15, 0.2) is 0 Å². The summed E-state index contributed by atoms with van der Waals surface area (Å²) in [4.78, 5) is 22.8. The van der Waals surface area contributed by atoms with Gasteiger partial charge in [0.05, 0.1) is 12.8 Å². The van der Waals surface area contributed by atoms with Crippen molar-refractivity contribution in [1.29, 1.82) is 0 Å². The maximum Gasteiger partial charge on any atom is 0.326 e. The lowest BCUT2D eigenvalue weighted by atomic mass is 10.1. The number of carboxylic acids is 1. The fourth-order valence-corrected chi connectivity index (χ4v) is 1.71. The van der Waals surface area contributed by atoms with Gasteiger partial charge in [0.2, 0.25) is 0 Å². The van der Waals surface area contributed by atoms with Gasteiger partial charge >= 0.3 is 12.0 Å². The van der Waals surface area contributed by atoms with Gasteiger partial charge in [-0.15, -0.1) is 0 Å². The van der Waals surface area contributed by atoms with E-state index in [1.165, 1.54) is 19.2 Å². The highest BCUT2D eigenvalue weighted by atomic mass is 19.1. The standard InChI is InChI=1S/C14H19FN2O4/c1-3-4-5-11(13(18)19)16-14(20)17-12-8-9(21-2)6-7-10(12)15/h6-8,11H,3-5H2,1-2H3,(H,18,19)(H2,16,17,20). The minimum Gasteiger partial charge on any atom is -0.497 e. The number of carbonyl (C=O) groups excluding carboxylic acids is 1. The molecule has 0 fully saturated rings. The average molecular weight is 298 g/mol. The molecule has 1 aromatic rings. The van der Waals surface area contributed by atoms with Crippen LogP contribution in [-0.4, -0.2) is 30.3 Å². The number of unbranched alkanes of at least 4 members (excludes halogenated alkanes) is 1. The average Bonchev–Trinajstić information content (AvgIpc) is 2.45. The van der Waals surface area contributed by atoms with E-state index in [1.807, 2.05) is 6.92 Å². The maximum atomic E-state index is 13.6. The van der Waals surface area contributed by atoms with Crippen LogP contribution < -0.4 is 15.4 Å². The van der Waals surface area contributed by atoms with Crippen LogP contribution in [0, 0.1) is 5.82 Å². The normalized spacial score (nSPS) is 11.6. The Morgan fingerprint density at radius 1 is 1.43 bits per heavy atom. The molecule has 0 aliphatic heterocycles. The molecule has 0 aromatic heterocycles. The third-order valence-electron chi connectivity index (χ3n) is 2.87. The Morgan fingerprint density at radius 3 is 2.71 bits per heavy atom. The monoisotopic (exact) mass is 298 g/mol. The molecular formula is C14H19FN2O4. The van der Waals surface area contributed by atoms with E-state index in [1.54, 1.807) is 0 Å². The Labute approximate surface area is 122 Å². The predicted octanol–water partition coefficient (Wildman–Crippen LogP) is 2.60. The van der Waals surface area contributed by atoms with Crippen LogP contribution in [0.15, 0.2) is 18.2 Å². The van der Waals surface area contributed by atoms with Crippen molar-refractivity contribution in [3.63, 3.8) is 0 Å². The molecule has 116 valence electrons. The molecule has 0 aliphatic carbocycles. The molecule has 7 heteroatoms. The van der Waals surface area contributed by atoms with Crippen LogP contribution >= 0.6 is 0 Å². The van der Waals surface area contributed by atoms with E-state index in [2.05, 4.69) is 10.6 Å². The fraction of sp³-hybridized carbons (Fsp3) is 0.429. The van der Waals surface area contributed by atoms with E-state index in [4.69, 9.17) is 9.84 Å². The van der Waals surface area contributed by atoms with Crippen LogP contribution in [0.1, 0.15) is 26.2 Å². The van der Waals surface area contributed by atoms with Crippen molar-refractivity contribution in [2.45, 2.75) is 32.2 Å². The summed E-state index contributed by atoms with van der Waals surface area (Å²) in [5, 5.41) is 13.6. The smallest absolute Gasteiger partial charge is 0.326 e. The van der Waals surface area contributed by atoms with Crippen molar-refractivity contribution < 1.29 is 23.8 Å². The van der Waals surface area contributed by atoms with Crippen LogP contribution in [0.25, 0.3) is 0 Å². The second-order valence-corrected chi connectivity index (χ2v) is 4.48. The lowest BCUT2D eigenvalue weighted by molar-refractivity contribution is -0.139. The molecule has 0 spiro atoms. The number of nitrogens with one attached hydrogen (secondary N) is 2. The number of benzene rings is 1. The molecule has 1 aromatic carbocycles. The lowest BCUT2D eigenvalue weighted by Crippen LogP contribution is -2.43. The number of rotatable bonds is 7. The van der Waals surface area contributed by atoms with Crippen molar-refractivity contribution in [3.05, 3.63) is 24.0 Å². The zero-order valence-corrected chi connectivity index (χ0v) is 12.0. The maximum absolute atomic E-state index is 13.6. The summed E-state index contributed by atoms with van der Waals surface area (Å²) in [6.07, 6.45) is 1.81. The highest BCUT2D eigenvalue weighted by molar-refractivity contribution is 5.92. The Hall–Kier alpha value is -2.31. The number of amides is 2. The van der Waals surface area contributed by atoms with Gasteiger partial charge in [-0.05, 0) is 18.6 Å². The summed E-state index contributed by atoms with van der Waals surface area (Å²) in [6.45, 7) is 1.92. The molecule has 0 heterocycles. The Morgan fingerprint density at radius 2 is 2.14 bits per heavy atom. The van der Waals surface area contributed by atoms with Gasteiger partial charge in [0, 0.05) is 6.07 Å². The molecule has 0 saturated heterocycles. The van der Waals surface area contributed by atoms with E-state index in [0.717, 1.165) is 12.5 Å². The van der Waals surface area contributed by atoms with E-state index in [9.17, 15) is 14.0 Å². The molecule has 1 rings (SSSR count). The number of hydrogen-bond acceptors (Lipinski definition) is 3. The Bertz CT molecular complexity index is 508. The lowest BCUT2D eigenvalue weighted by Gasteiger charge is -2.15. The largest absolute Gasteiger partial charge is 0.497 e. The third kappa shape index (κ3) is 5.29. The summed E-state index contributed by atoms with van der Waals surface area (Å²) in [5.41, 5.74) is -0.0773. The SMILES string of the molecule is CCCCC(NC(=O)Nc1cc(OC)ccc1F)C(=O)O. The number of carboxylic acid groups (broad SMARTS) is 1. The molecule has 2 amide bonds. The molecule has 0 radical (unpaired) electrons. The molecule has 1 atom stereocenters. The molecule has 0 bridgehead atoms. The van der Waals surface area contributed by atoms with Gasteiger partial charge in [0.25, 0.3) is 0 Å². The number of halogens is 1. The predicted molar refractivity (Wildman–Crippen MR) is 76.1 cm³/mol. The van der Waals surface area contributed by atoms with Crippen molar-refractivity contribution in [3.8, 4) is 5.75 Å². The van der Waals surface area contributed by atoms with Crippen LogP contribution in [-0.2, 0) is 4.79 Å². The zero-order chi connectivity index (χ0) is 15.8. The summed E-state index contributed by atoms with van der Waals surface area (Å²) < 4.78 is 18.5. The van der Waals surface area contributed by atoms with Gasteiger partial charge in [-0.25, -0.2) is 14.0 Å². The number of urea groups is 1. The number of hydrogen-bond donors (Lipinski definition) is 3. The van der Waals surface area contributed by atoms with Crippen molar-refractivity contribution >= 4 is 17.7 Å². The minimum atomic E-state index is -1.12. The quantitative estimate of drug-likeness (QED) is 0.722.